The Kier molecular flexibility index (Phi) is 5.32. The van der Waals surface area contributed by atoms with Gasteiger partial charge in [-0.3, -0.25) is 4.79 Å². The Morgan fingerprint density at radius 3 is 2.46 bits per heavy atom. The van der Waals surface area contributed by atoms with E-state index in [9.17, 15) is 13.2 Å². The van der Waals surface area contributed by atoms with Crippen molar-refractivity contribution < 1.29 is 13.2 Å². The molecular formula is C20H24N2O3S. The number of benzene rings is 2. The molecule has 26 heavy (non-hydrogen) atoms. The van der Waals surface area contributed by atoms with Crippen LogP contribution in [0, 0.1) is 6.92 Å². The van der Waals surface area contributed by atoms with E-state index < -0.39 is 15.7 Å². The normalized spacial score (nSPS) is 14.5. The van der Waals surface area contributed by atoms with Gasteiger partial charge in [0.05, 0.1) is 16.2 Å². The number of sulfone groups is 1. The molecule has 1 N–H and O–H groups in total. The first-order chi connectivity index (χ1) is 12.4. The minimum absolute atomic E-state index is 0.0407. The summed E-state index contributed by atoms with van der Waals surface area (Å²) in [5.74, 6) is -0.452. The maximum atomic E-state index is 12.7. The highest BCUT2D eigenvalue weighted by atomic mass is 32.2. The Hall–Kier alpha value is -2.34. The second-order valence-corrected chi connectivity index (χ2v) is 8.80. The number of nitrogens with zero attached hydrogens (tertiary/aromatic N) is 1. The van der Waals surface area contributed by atoms with Gasteiger partial charge in [0.25, 0.3) is 5.91 Å². The summed E-state index contributed by atoms with van der Waals surface area (Å²) in [6.45, 7) is 5.73. The van der Waals surface area contributed by atoms with Crippen molar-refractivity contribution in [2.75, 3.05) is 29.1 Å². The fourth-order valence-electron chi connectivity index (χ4n) is 3.33. The van der Waals surface area contributed by atoms with E-state index in [1.165, 1.54) is 24.6 Å². The molecule has 1 aliphatic rings. The van der Waals surface area contributed by atoms with Gasteiger partial charge >= 0.3 is 0 Å². The molecule has 1 saturated heterocycles. The predicted octanol–water partition coefficient (Wildman–Crippen LogP) is 3.64. The SMILES string of the molecule is CCS(=O)(=O)c1ccccc1C(=O)Nc1ccc(N2CCCC2)c(C)c1. The summed E-state index contributed by atoms with van der Waals surface area (Å²) < 4.78 is 24.5. The topological polar surface area (TPSA) is 66.5 Å². The zero-order valence-electron chi connectivity index (χ0n) is 15.2. The number of hydrogen-bond acceptors (Lipinski definition) is 4. The van der Waals surface area contributed by atoms with Gasteiger partial charge in [0, 0.05) is 24.5 Å². The quantitative estimate of drug-likeness (QED) is 0.870. The average Bonchev–Trinajstić information content (AvgIpc) is 3.16. The molecular weight excluding hydrogens is 348 g/mol. The fourth-order valence-corrected chi connectivity index (χ4v) is 4.42. The highest BCUT2D eigenvalue weighted by Gasteiger charge is 2.21. The third-order valence-electron chi connectivity index (χ3n) is 4.75. The van der Waals surface area contributed by atoms with Crippen LogP contribution in [0.5, 0.6) is 0 Å². The van der Waals surface area contributed by atoms with Crippen molar-refractivity contribution in [3.63, 3.8) is 0 Å². The number of carbonyl (C=O) groups is 1. The van der Waals surface area contributed by atoms with Crippen LogP contribution in [0.2, 0.25) is 0 Å². The van der Waals surface area contributed by atoms with Crippen molar-refractivity contribution in [2.24, 2.45) is 0 Å². The molecule has 0 unspecified atom stereocenters. The van der Waals surface area contributed by atoms with Gasteiger partial charge in [-0.15, -0.1) is 0 Å². The van der Waals surface area contributed by atoms with E-state index >= 15 is 0 Å². The van der Waals surface area contributed by atoms with E-state index in [4.69, 9.17) is 0 Å². The van der Waals surface area contributed by atoms with E-state index in [2.05, 4.69) is 10.2 Å². The summed E-state index contributed by atoms with van der Waals surface area (Å²) >= 11 is 0. The van der Waals surface area contributed by atoms with E-state index in [1.807, 2.05) is 25.1 Å². The number of aryl methyl sites for hydroxylation is 1. The predicted molar refractivity (Wildman–Crippen MR) is 105 cm³/mol. The molecule has 2 aromatic rings. The molecule has 138 valence electrons. The van der Waals surface area contributed by atoms with E-state index in [1.54, 1.807) is 25.1 Å². The molecule has 0 spiro atoms. The molecule has 5 nitrogen and oxygen atoms in total. The smallest absolute Gasteiger partial charge is 0.256 e. The van der Waals surface area contributed by atoms with Gasteiger partial charge < -0.3 is 10.2 Å². The molecule has 0 bridgehead atoms. The van der Waals surface area contributed by atoms with Crippen molar-refractivity contribution in [3.8, 4) is 0 Å². The average molecular weight is 372 g/mol. The number of amides is 1. The van der Waals surface area contributed by atoms with E-state index in [-0.39, 0.29) is 16.2 Å². The first-order valence-corrected chi connectivity index (χ1v) is 10.6. The van der Waals surface area contributed by atoms with Crippen molar-refractivity contribution in [3.05, 3.63) is 53.6 Å². The number of nitrogens with one attached hydrogen (secondary N) is 1. The molecule has 1 heterocycles. The van der Waals surface area contributed by atoms with Gasteiger partial charge in [0.2, 0.25) is 0 Å². The highest BCUT2D eigenvalue weighted by molar-refractivity contribution is 7.91. The lowest BCUT2D eigenvalue weighted by Crippen LogP contribution is -2.19. The van der Waals surface area contributed by atoms with Crippen LogP contribution in [0.1, 0.15) is 35.7 Å². The lowest BCUT2D eigenvalue weighted by Gasteiger charge is -2.20. The van der Waals surface area contributed by atoms with Crippen molar-refractivity contribution in [1.82, 2.24) is 0 Å². The van der Waals surface area contributed by atoms with Gasteiger partial charge in [-0.25, -0.2) is 8.42 Å². The maximum Gasteiger partial charge on any atom is 0.256 e. The van der Waals surface area contributed by atoms with Crippen LogP contribution in [0.15, 0.2) is 47.4 Å². The van der Waals surface area contributed by atoms with Gasteiger partial charge in [-0.2, -0.15) is 0 Å². The Bertz CT molecular complexity index is 916. The monoisotopic (exact) mass is 372 g/mol. The van der Waals surface area contributed by atoms with Gasteiger partial charge in [-0.1, -0.05) is 19.1 Å². The van der Waals surface area contributed by atoms with Crippen molar-refractivity contribution in [2.45, 2.75) is 31.6 Å². The number of hydrogen-bond donors (Lipinski definition) is 1. The minimum atomic E-state index is -3.46. The van der Waals surface area contributed by atoms with E-state index in [0.29, 0.717) is 5.69 Å². The molecule has 1 aliphatic heterocycles. The zero-order valence-corrected chi connectivity index (χ0v) is 16.0. The lowest BCUT2D eigenvalue weighted by atomic mass is 10.1. The molecule has 0 atom stereocenters. The molecule has 6 heteroatoms. The van der Waals surface area contributed by atoms with Crippen LogP contribution in [-0.4, -0.2) is 33.2 Å². The molecule has 3 rings (SSSR count). The Labute approximate surface area is 154 Å². The number of carbonyl (C=O) groups excluding carboxylic acids is 1. The summed E-state index contributed by atoms with van der Waals surface area (Å²) in [7, 11) is -3.46. The van der Waals surface area contributed by atoms with E-state index in [0.717, 1.165) is 18.7 Å². The highest BCUT2D eigenvalue weighted by Crippen LogP contribution is 2.27. The summed E-state index contributed by atoms with van der Waals surface area (Å²) in [4.78, 5) is 15.1. The molecule has 1 fully saturated rings. The first-order valence-electron chi connectivity index (χ1n) is 8.91. The zero-order chi connectivity index (χ0) is 18.7. The Balaban J connectivity index is 1.84. The fraction of sp³-hybridized carbons (Fsp3) is 0.350. The molecule has 0 aliphatic carbocycles. The second-order valence-electron chi connectivity index (χ2n) is 6.55. The minimum Gasteiger partial charge on any atom is -0.371 e. The third-order valence-corrected chi connectivity index (χ3v) is 6.53. The summed E-state index contributed by atoms with van der Waals surface area (Å²) in [5.41, 5.74) is 3.13. The number of rotatable bonds is 5. The second kappa shape index (κ2) is 7.50. The largest absolute Gasteiger partial charge is 0.371 e. The summed E-state index contributed by atoms with van der Waals surface area (Å²) in [6, 6.07) is 12.2. The molecule has 1 amide bonds. The van der Waals surface area contributed by atoms with Crippen LogP contribution in [0.3, 0.4) is 0 Å². The van der Waals surface area contributed by atoms with Crippen molar-refractivity contribution in [1.29, 1.82) is 0 Å². The van der Waals surface area contributed by atoms with Crippen molar-refractivity contribution >= 4 is 27.1 Å². The molecule has 0 aromatic heterocycles. The maximum absolute atomic E-state index is 12.7. The number of anilines is 2. The van der Waals surface area contributed by atoms with Crippen LogP contribution in [-0.2, 0) is 9.84 Å². The van der Waals surface area contributed by atoms with Gasteiger partial charge in [-0.05, 0) is 55.7 Å². The standard InChI is InChI=1S/C20H24N2O3S/c1-3-26(24,25)19-9-5-4-8-17(19)20(23)21-16-10-11-18(15(2)14-16)22-12-6-7-13-22/h4-5,8-11,14H,3,6-7,12-13H2,1-2H3,(H,21,23). The molecule has 2 aromatic carbocycles. The summed E-state index contributed by atoms with van der Waals surface area (Å²) in [5, 5.41) is 2.83. The van der Waals surface area contributed by atoms with Gasteiger partial charge in [0.15, 0.2) is 9.84 Å². The van der Waals surface area contributed by atoms with Crippen LogP contribution in [0.25, 0.3) is 0 Å². The summed E-state index contributed by atoms with van der Waals surface area (Å²) in [6.07, 6.45) is 2.42. The lowest BCUT2D eigenvalue weighted by molar-refractivity contribution is 0.102. The Morgan fingerprint density at radius 2 is 1.81 bits per heavy atom. The van der Waals surface area contributed by atoms with Crippen LogP contribution >= 0.6 is 0 Å². The third kappa shape index (κ3) is 3.75. The van der Waals surface area contributed by atoms with Crippen LogP contribution in [0.4, 0.5) is 11.4 Å². The molecule has 0 saturated carbocycles. The molecule has 0 radical (unpaired) electrons. The Morgan fingerprint density at radius 1 is 1.12 bits per heavy atom. The van der Waals surface area contributed by atoms with Crippen LogP contribution < -0.4 is 10.2 Å². The van der Waals surface area contributed by atoms with Gasteiger partial charge in [0.1, 0.15) is 0 Å². The first kappa shape index (κ1) is 18.5.